The van der Waals surface area contributed by atoms with Gasteiger partial charge in [0.05, 0.1) is 29.7 Å². The summed E-state index contributed by atoms with van der Waals surface area (Å²) in [7, 11) is 1.37. The van der Waals surface area contributed by atoms with Crippen molar-refractivity contribution in [1.29, 1.82) is 0 Å². The van der Waals surface area contributed by atoms with Crippen LogP contribution in [0.4, 0.5) is 23.2 Å². The maximum Gasteiger partial charge on any atom is 0.433 e. The molecule has 1 amide bonds. The Bertz CT molecular complexity index is 1200. The summed E-state index contributed by atoms with van der Waals surface area (Å²) >= 11 is 0. The number of rotatable bonds is 5. The zero-order valence-corrected chi connectivity index (χ0v) is 19.1. The van der Waals surface area contributed by atoms with E-state index in [9.17, 15) is 18.0 Å². The highest BCUT2D eigenvalue weighted by atomic mass is 19.4. The van der Waals surface area contributed by atoms with Crippen LogP contribution < -0.4 is 10.1 Å². The van der Waals surface area contributed by atoms with Crippen LogP contribution in [0.15, 0.2) is 30.3 Å². The molecule has 1 aromatic carbocycles. The molecule has 1 aliphatic rings. The van der Waals surface area contributed by atoms with Gasteiger partial charge < -0.3 is 10.1 Å². The second-order valence-electron chi connectivity index (χ2n) is 8.98. The molecule has 1 saturated carbocycles. The number of halogens is 4. The number of benzene rings is 1. The number of hydrogen-bond acceptors (Lipinski definition) is 4. The van der Waals surface area contributed by atoms with E-state index in [1.54, 1.807) is 0 Å². The molecule has 1 aliphatic carbocycles. The topological polar surface area (TPSA) is 69.0 Å². The number of hydrogen-bond donors (Lipinski definition) is 1. The van der Waals surface area contributed by atoms with Crippen LogP contribution in [-0.2, 0) is 6.18 Å². The van der Waals surface area contributed by atoms with E-state index in [4.69, 9.17) is 4.74 Å². The van der Waals surface area contributed by atoms with Crippen LogP contribution in [0.5, 0.6) is 5.75 Å². The number of nitrogens with one attached hydrogen (secondary N) is 1. The number of carbonyl (C=O) groups excluding carboxylic acids is 1. The summed E-state index contributed by atoms with van der Waals surface area (Å²) in [5.74, 6) is 0.0304. The Morgan fingerprint density at radius 1 is 1.18 bits per heavy atom. The van der Waals surface area contributed by atoms with Gasteiger partial charge in [0.15, 0.2) is 0 Å². The van der Waals surface area contributed by atoms with Gasteiger partial charge in [-0.15, -0.1) is 0 Å². The standard InChI is InChI=1S/C24H26F4N4O2/c1-13(2)14-7-9-15(10-8-14)32-22(25)16-11-19(20(34-3)12-18(16)31-32)30-23(33)17-5-4-6-21(29-17)24(26,27)28/h4-6,11-15H,7-10H2,1-3H3,(H,30,33). The molecule has 1 fully saturated rings. The summed E-state index contributed by atoms with van der Waals surface area (Å²) in [6.45, 7) is 4.40. The molecule has 1 N–H and O–H groups in total. The fourth-order valence-corrected chi connectivity index (χ4v) is 4.53. The first kappa shape index (κ1) is 24.0. The maximum absolute atomic E-state index is 15.3. The summed E-state index contributed by atoms with van der Waals surface area (Å²) in [6, 6.07) is 5.88. The van der Waals surface area contributed by atoms with Crippen LogP contribution in [0.1, 0.15) is 61.8 Å². The number of anilines is 1. The minimum absolute atomic E-state index is 0.0549. The van der Waals surface area contributed by atoms with E-state index in [1.165, 1.54) is 30.0 Å². The van der Waals surface area contributed by atoms with Crippen molar-refractivity contribution in [2.75, 3.05) is 12.4 Å². The third kappa shape index (κ3) is 4.71. The van der Waals surface area contributed by atoms with E-state index in [0.717, 1.165) is 37.8 Å². The van der Waals surface area contributed by atoms with Crippen LogP contribution in [0.25, 0.3) is 10.9 Å². The van der Waals surface area contributed by atoms with Crippen LogP contribution in [-0.4, -0.2) is 27.8 Å². The molecule has 0 atom stereocenters. The molecule has 3 aromatic rings. The molecule has 0 spiro atoms. The zero-order chi connectivity index (χ0) is 24.6. The average Bonchev–Trinajstić information content (AvgIpc) is 3.13. The number of nitrogens with zero attached hydrogens (tertiary/aromatic N) is 3. The predicted octanol–water partition coefficient (Wildman–Crippen LogP) is 6.24. The molecule has 0 unspecified atom stereocenters. The molecule has 0 bridgehead atoms. The predicted molar refractivity (Wildman–Crippen MR) is 119 cm³/mol. The lowest BCUT2D eigenvalue weighted by molar-refractivity contribution is -0.141. The summed E-state index contributed by atoms with van der Waals surface area (Å²) in [6.07, 6.45) is -1.01. The molecular formula is C24H26F4N4O2. The first-order valence-electron chi connectivity index (χ1n) is 11.2. The molecule has 2 heterocycles. The Morgan fingerprint density at radius 2 is 1.88 bits per heavy atom. The van der Waals surface area contributed by atoms with Gasteiger partial charge in [0, 0.05) is 6.07 Å². The maximum atomic E-state index is 15.3. The number of aromatic nitrogens is 3. The van der Waals surface area contributed by atoms with Gasteiger partial charge in [-0.25, -0.2) is 9.67 Å². The Morgan fingerprint density at radius 3 is 2.50 bits per heavy atom. The smallest absolute Gasteiger partial charge is 0.433 e. The normalized spacial score (nSPS) is 18.9. The third-order valence-electron chi connectivity index (χ3n) is 6.51. The summed E-state index contributed by atoms with van der Waals surface area (Å²) in [4.78, 5) is 16.0. The monoisotopic (exact) mass is 478 g/mol. The van der Waals surface area contributed by atoms with Gasteiger partial charge in [0.1, 0.15) is 17.1 Å². The summed E-state index contributed by atoms with van der Waals surface area (Å²) in [5.41, 5.74) is -1.12. The van der Waals surface area contributed by atoms with Crippen LogP contribution in [0.2, 0.25) is 0 Å². The lowest BCUT2D eigenvalue weighted by atomic mass is 9.80. The zero-order valence-electron chi connectivity index (χ0n) is 19.1. The molecular weight excluding hydrogens is 452 g/mol. The van der Waals surface area contributed by atoms with Crippen molar-refractivity contribution in [1.82, 2.24) is 14.8 Å². The van der Waals surface area contributed by atoms with Crippen LogP contribution >= 0.6 is 0 Å². The van der Waals surface area contributed by atoms with E-state index in [1.807, 2.05) is 0 Å². The SMILES string of the molecule is COc1cc2nn(C3CCC(C(C)C)CC3)c(F)c2cc1NC(=O)c1cccc(C(F)(F)F)n1. The molecule has 4 rings (SSSR count). The number of alkyl halides is 3. The second-order valence-corrected chi connectivity index (χ2v) is 8.98. The number of pyridine rings is 1. The Kier molecular flexibility index (Phi) is 6.51. The van der Waals surface area contributed by atoms with E-state index in [-0.39, 0.29) is 22.9 Å². The van der Waals surface area contributed by atoms with Crippen molar-refractivity contribution in [3.8, 4) is 5.75 Å². The largest absolute Gasteiger partial charge is 0.494 e. The highest BCUT2D eigenvalue weighted by molar-refractivity contribution is 6.05. The van der Waals surface area contributed by atoms with Crippen LogP contribution in [0.3, 0.4) is 0 Å². The van der Waals surface area contributed by atoms with Crippen molar-refractivity contribution < 1.29 is 27.1 Å². The minimum atomic E-state index is -4.68. The van der Waals surface area contributed by atoms with Gasteiger partial charge in [-0.2, -0.15) is 22.7 Å². The fraction of sp³-hybridized carbons (Fsp3) is 0.458. The Labute approximate surface area is 194 Å². The van der Waals surface area contributed by atoms with E-state index >= 15 is 4.39 Å². The lowest BCUT2D eigenvalue weighted by Crippen LogP contribution is -2.22. The fourth-order valence-electron chi connectivity index (χ4n) is 4.53. The number of fused-ring (bicyclic) bond motifs is 1. The van der Waals surface area contributed by atoms with E-state index < -0.39 is 29.4 Å². The third-order valence-corrected chi connectivity index (χ3v) is 6.51. The van der Waals surface area contributed by atoms with Gasteiger partial charge in [0.2, 0.25) is 5.95 Å². The molecule has 34 heavy (non-hydrogen) atoms. The van der Waals surface area contributed by atoms with Gasteiger partial charge >= 0.3 is 6.18 Å². The Balaban J connectivity index is 1.62. The van der Waals surface area contributed by atoms with Crippen molar-refractivity contribution in [3.63, 3.8) is 0 Å². The highest BCUT2D eigenvalue weighted by Crippen LogP contribution is 2.38. The molecule has 2 aromatic heterocycles. The molecule has 10 heteroatoms. The lowest BCUT2D eigenvalue weighted by Gasteiger charge is -2.31. The van der Waals surface area contributed by atoms with E-state index in [2.05, 4.69) is 29.2 Å². The number of methoxy groups -OCH3 is 1. The summed E-state index contributed by atoms with van der Waals surface area (Å²) < 4.78 is 60.9. The summed E-state index contributed by atoms with van der Waals surface area (Å²) in [5, 5.41) is 7.12. The average molecular weight is 478 g/mol. The molecule has 6 nitrogen and oxygen atoms in total. The highest BCUT2D eigenvalue weighted by Gasteiger charge is 2.33. The number of amides is 1. The van der Waals surface area contributed by atoms with Crippen LogP contribution in [0, 0.1) is 17.8 Å². The minimum Gasteiger partial charge on any atom is -0.494 e. The van der Waals surface area contributed by atoms with Crippen molar-refractivity contribution in [2.24, 2.45) is 11.8 Å². The van der Waals surface area contributed by atoms with Gasteiger partial charge in [-0.1, -0.05) is 19.9 Å². The van der Waals surface area contributed by atoms with Crippen molar-refractivity contribution in [3.05, 3.63) is 47.7 Å². The van der Waals surface area contributed by atoms with Gasteiger partial charge in [-0.05, 0) is 55.7 Å². The van der Waals surface area contributed by atoms with Gasteiger partial charge in [-0.3, -0.25) is 4.79 Å². The first-order valence-corrected chi connectivity index (χ1v) is 11.2. The molecule has 0 saturated heterocycles. The molecule has 182 valence electrons. The second kappa shape index (κ2) is 9.23. The Hall–Kier alpha value is -3.17. The van der Waals surface area contributed by atoms with Crippen molar-refractivity contribution in [2.45, 2.75) is 51.7 Å². The van der Waals surface area contributed by atoms with E-state index in [0.29, 0.717) is 17.4 Å². The molecule has 0 aliphatic heterocycles. The van der Waals surface area contributed by atoms with Crippen molar-refractivity contribution >= 4 is 22.5 Å². The quantitative estimate of drug-likeness (QED) is 0.441. The first-order chi connectivity index (χ1) is 16.1. The van der Waals surface area contributed by atoms with Gasteiger partial charge in [0.25, 0.3) is 5.91 Å². The number of carbonyl (C=O) groups is 1. The number of ether oxygens (including phenoxy) is 1. The molecule has 0 radical (unpaired) electrons.